The normalized spacial score (nSPS) is 22.1. The standard InChI is InChI=1S/C13H22N2O/c1-10(2)15-7-6-12(9-15)14-8-13-5-4-11(3)16-13/h4-5,10,12,14H,6-9H2,1-3H3. The largest absolute Gasteiger partial charge is 0.465 e. The molecule has 1 aromatic rings. The molecule has 0 radical (unpaired) electrons. The van der Waals surface area contributed by atoms with Crippen molar-refractivity contribution >= 4 is 0 Å². The minimum Gasteiger partial charge on any atom is -0.465 e. The fraction of sp³-hybridized carbons (Fsp3) is 0.692. The highest BCUT2D eigenvalue weighted by Gasteiger charge is 2.23. The molecule has 3 nitrogen and oxygen atoms in total. The second-order valence-corrected chi connectivity index (χ2v) is 4.97. The summed E-state index contributed by atoms with van der Waals surface area (Å²) < 4.78 is 5.54. The van der Waals surface area contributed by atoms with E-state index in [9.17, 15) is 0 Å². The second-order valence-electron chi connectivity index (χ2n) is 4.97. The number of aryl methyl sites for hydroxylation is 1. The molecule has 0 bridgehead atoms. The van der Waals surface area contributed by atoms with E-state index in [0.29, 0.717) is 12.1 Å². The Morgan fingerprint density at radius 2 is 2.31 bits per heavy atom. The van der Waals surface area contributed by atoms with Gasteiger partial charge in [0.15, 0.2) is 0 Å². The molecule has 0 aliphatic carbocycles. The van der Waals surface area contributed by atoms with Gasteiger partial charge < -0.3 is 9.73 Å². The maximum atomic E-state index is 5.54. The lowest BCUT2D eigenvalue weighted by molar-refractivity contribution is 0.267. The van der Waals surface area contributed by atoms with E-state index < -0.39 is 0 Å². The first-order valence-electron chi connectivity index (χ1n) is 6.18. The number of hydrogen-bond donors (Lipinski definition) is 1. The Balaban J connectivity index is 1.75. The molecule has 16 heavy (non-hydrogen) atoms. The van der Waals surface area contributed by atoms with Crippen molar-refractivity contribution in [2.24, 2.45) is 0 Å². The molecule has 0 aromatic carbocycles. The van der Waals surface area contributed by atoms with Crippen molar-refractivity contribution in [1.29, 1.82) is 0 Å². The van der Waals surface area contributed by atoms with Crippen LogP contribution in [0.5, 0.6) is 0 Å². The average molecular weight is 222 g/mol. The first-order valence-corrected chi connectivity index (χ1v) is 6.18. The summed E-state index contributed by atoms with van der Waals surface area (Å²) in [6.45, 7) is 9.74. The molecule has 0 spiro atoms. The number of nitrogens with one attached hydrogen (secondary N) is 1. The van der Waals surface area contributed by atoms with Gasteiger partial charge in [-0.2, -0.15) is 0 Å². The van der Waals surface area contributed by atoms with Gasteiger partial charge in [-0.3, -0.25) is 4.90 Å². The number of likely N-dealkylation sites (tertiary alicyclic amines) is 1. The van der Waals surface area contributed by atoms with Crippen LogP contribution >= 0.6 is 0 Å². The molecule has 2 rings (SSSR count). The van der Waals surface area contributed by atoms with E-state index in [-0.39, 0.29) is 0 Å². The smallest absolute Gasteiger partial charge is 0.117 e. The predicted molar refractivity (Wildman–Crippen MR) is 65.4 cm³/mol. The highest BCUT2D eigenvalue weighted by Crippen LogP contribution is 2.13. The van der Waals surface area contributed by atoms with Crippen molar-refractivity contribution in [2.75, 3.05) is 13.1 Å². The first-order chi connectivity index (χ1) is 7.65. The lowest BCUT2D eigenvalue weighted by atomic mass is 10.2. The Kier molecular flexibility index (Phi) is 3.66. The summed E-state index contributed by atoms with van der Waals surface area (Å²) in [4.78, 5) is 2.52. The topological polar surface area (TPSA) is 28.4 Å². The van der Waals surface area contributed by atoms with Gasteiger partial charge in [0.25, 0.3) is 0 Å². The molecule has 1 atom stereocenters. The van der Waals surface area contributed by atoms with Crippen molar-refractivity contribution in [3.63, 3.8) is 0 Å². The lowest BCUT2D eigenvalue weighted by Gasteiger charge is -2.20. The molecule has 1 aliphatic rings. The van der Waals surface area contributed by atoms with Gasteiger partial charge in [0.2, 0.25) is 0 Å². The van der Waals surface area contributed by atoms with Gasteiger partial charge >= 0.3 is 0 Å². The van der Waals surface area contributed by atoms with Crippen molar-refractivity contribution in [1.82, 2.24) is 10.2 Å². The van der Waals surface area contributed by atoms with Crippen LogP contribution in [0.25, 0.3) is 0 Å². The summed E-state index contributed by atoms with van der Waals surface area (Å²) in [6, 6.07) is 5.36. The van der Waals surface area contributed by atoms with Crippen LogP contribution in [0.15, 0.2) is 16.5 Å². The van der Waals surface area contributed by atoms with Crippen molar-refractivity contribution in [3.05, 3.63) is 23.7 Å². The highest BCUT2D eigenvalue weighted by atomic mass is 16.3. The second kappa shape index (κ2) is 5.02. The van der Waals surface area contributed by atoms with E-state index in [4.69, 9.17) is 4.42 Å². The Morgan fingerprint density at radius 3 is 2.88 bits per heavy atom. The minimum absolute atomic E-state index is 0.618. The average Bonchev–Trinajstić information content (AvgIpc) is 2.83. The summed E-state index contributed by atoms with van der Waals surface area (Å²) >= 11 is 0. The zero-order chi connectivity index (χ0) is 11.5. The van der Waals surface area contributed by atoms with Gasteiger partial charge in [-0.25, -0.2) is 0 Å². The fourth-order valence-corrected chi connectivity index (χ4v) is 2.25. The fourth-order valence-electron chi connectivity index (χ4n) is 2.25. The van der Waals surface area contributed by atoms with Crippen LogP contribution in [0.3, 0.4) is 0 Å². The number of hydrogen-bond acceptors (Lipinski definition) is 3. The molecule has 1 aliphatic heterocycles. The number of nitrogens with zero attached hydrogens (tertiary/aromatic N) is 1. The molecular weight excluding hydrogens is 200 g/mol. The summed E-state index contributed by atoms with van der Waals surface area (Å²) in [6.07, 6.45) is 1.25. The molecule has 2 heterocycles. The van der Waals surface area contributed by atoms with Crippen LogP contribution in [0.1, 0.15) is 31.8 Å². The molecule has 1 saturated heterocycles. The van der Waals surface area contributed by atoms with Crippen LogP contribution in [0.4, 0.5) is 0 Å². The van der Waals surface area contributed by atoms with Gasteiger partial charge in [0.1, 0.15) is 11.5 Å². The quantitative estimate of drug-likeness (QED) is 0.846. The van der Waals surface area contributed by atoms with Crippen molar-refractivity contribution in [3.8, 4) is 0 Å². The van der Waals surface area contributed by atoms with E-state index in [1.807, 2.05) is 13.0 Å². The van der Waals surface area contributed by atoms with Crippen molar-refractivity contribution in [2.45, 2.75) is 45.8 Å². The third kappa shape index (κ3) is 2.86. The molecule has 1 unspecified atom stereocenters. The lowest BCUT2D eigenvalue weighted by Crippen LogP contribution is -2.34. The van der Waals surface area contributed by atoms with E-state index in [2.05, 4.69) is 30.1 Å². The predicted octanol–water partition coefficient (Wildman–Crippen LogP) is 2.16. The van der Waals surface area contributed by atoms with E-state index in [0.717, 1.165) is 24.6 Å². The Morgan fingerprint density at radius 1 is 1.50 bits per heavy atom. The molecule has 90 valence electrons. The van der Waals surface area contributed by atoms with Crippen LogP contribution < -0.4 is 5.32 Å². The SMILES string of the molecule is Cc1ccc(CNC2CCN(C(C)C)C2)o1. The molecule has 1 N–H and O–H groups in total. The van der Waals surface area contributed by atoms with Crippen LogP contribution in [0, 0.1) is 6.92 Å². The van der Waals surface area contributed by atoms with Gasteiger partial charge in [-0.05, 0) is 45.9 Å². The minimum atomic E-state index is 0.618. The summed E-state index contributed by atoms with van der Waals surface area (Å²) in [5.41, 5.74) is 0. The molecule has 1 aromatic heterocycles. The highest BCUT2D eigenvalue weighted by molar-refractivity contribution is 5.05. The zero-order valence-electron chi connectivity index (χ0n) is 10.5. The van der Waals surface area contributed by atoms with Gasteiger partial charge in [-0.15, -0.1) is 0 Å². The van der Waals surface area contributed by atoms with E-state index >= 15 is 0 Å². The van der Waals surface area contributed by atoms with E-state index in [1.54, 1.807) is 0 Å². The summed E-state index contributed by atoms with van der Waals surface area (Å²) in [5, 5.41) is 3.56. The summed E-state index contributed by atoms with van der Waals surface area (Å²) in [5.74, 6) is 2.03. The Labute approximate surface area is 97.8 Å². The van der Waals surface area contributed by atoms with Crippen LogP contribution in [-0.4, -0.2) is 30.1 Å². The van der Waals surface area contributed by atoms with Crippen molar-refractivity contribution < 1.29 is 4.42 Å². The molecule has 0 amide bonds. The third-order valence-corrected chi connectivity index (χ3v) is 3.31. The number of furan rings is 1. The molecule has 0 saturated carbocycles. The summed E-state index contributed by atoms with van der Waals surface area (Å²) in [7, 11) is 0. The monoisotopic (exact) mass is 222 g/mol. The molecular formula is C13H22N2O. The van der Waals surface area contributed by atoms with Gasteiger partial charge in [0, 0.05) is 18.6 Å². The Hall–Kier alpha value is -0.800. The zero-order valence-corrected chi connectivity index (χ0v) is 10.5. The first kappa shape index (κ1) is 11.7. The number of rotatable bonds is 4. The molecule has 3 heteroatoms. The van der Waals surface area contributed by atoms with Gasteiger partial charge in [-0.1, -0.05) is 0 Å². The van der Waals surface area contributed by atoms with Gasteiger partial charge in [0.05, 0.1) is 6.54 Å². The van der Waals surface area contributed by atoms with Crippen LogP contribution in [-0.2, 0) is 6.54 Å². The maximum Gasteiger partial charge on any atom is 0.117 e. The van der Waals surface area contributed by atoms with Crippen LogP contribution in [0.2, 0.25) is 0 Å². The third-order valence-electron chi connectivity index (χ3n) is 3.31. The van der Waals surface area contributed by atoms with E-state index in [1.165, 1.54) is 13.0 Å². The Bertz CT molecular complexity index is 332. The molecule has 1 fully saturated rings. The maximum absolute atomic E-state index is 5.54.